The molecule has 3 atom stereocenters. The zero-order valence-corrected chi connectivity index (χ0v) is 9.64. The van der Waals surface area contributed by atoms with Crippen molar-refractivity contribution < 1.29 is 0 Å². The molecule has 2 aromatic heterocycles. The molecule has 2 N–H and O–H groups in total. The van der Waals surface area contributed by atoms with Crippen LogP contribution >= 0.6 is 0 Å². The van der Waals surface area contributed by atoms with Gasteiger partial charge in [0.1, 0.15) is 5.69 Å². The average molecular weight is 230 g/mol. The molecule has 0 spiro atoms. The van der Waals surface area contributed by atoms with Crippen LogP contribution in [0.5, 0.6) is 0 Å². The topological polar surface area (TPSA) is 83.1 Å². The van der Waals surface area contributed by atoms with Gasteiger partial charge in [-0.05, 0) is 29.9 Å². The van der Waals surface area contributed by atoms with Gasteiger partial charge in [0.05, 0.1) is 0 Å². The Labute approximate surface area is 98.2 Å². The second kappa shape index (κ2) is 3.15. The SMILES string of the molecule is CCC[C@@H]1[C@@H]2Cc3c(-c4nn[nH]n4)n[nH]c3[C@H]12. The first kappa shape index (κ1) is 9.32. The van der Waals surface area contributed by atoms with E-state index < -0.39 is 0 Å². The van der Waals surface area contributed by atoms with E-state index in [1.165, 1.54) is 24.1 Å². The highest BCUT2D eigenvalue weighted by Gasteiger charge is 2.56. The molecule has 2 heterocycles. The summed E-state index contributed by atoms with van der Waals surface area (Å²) in [6.45, 7) is 2.26. The highest BCUT2D eigenvalue weighted by molar-refractivity contribution is 5.59. The van der Waals surface area contributed by atoms with E-state index in [0.717, 1.165) is 29.9 Å². The minimum Gasteiger partial charge on any atom is -0.281 e. The van der Waals surface area contributed by atoms with Crippen LogP contribution in [0.4, 0.5) is 0 Å². The number of hydrogen-bond acceptors (Lipinski definition) is 4. The minimum atomic E-state index is 0.607. The molecule has 0 aliphatic heterocycles. The van der Waals surface area contributed by atoms with Gasteiger partial charge in [-0.15, -0.1) is 10.2 Å². The number of H-pyrrole nitrogens is 2. The summed E-state index contributed by atoms with van der Waals surface area (Å²) in [6, 6.07) is 0. The summed E-state index contributed by atoms with van der Waals surface area (Å²) < 4.78 is 0. The Morgan fingerprint density at radius 2 is 2.29 bits per heavy atom. The summed E-state index contributed by atoms with van der Waals surface area (Å²) in [5.74, 6) is 3.05. The van der Waals surface area contributed by atoms with Crippen molar-refractivity contribution in [1.82, 2.24) is 30.8 Å². The van der Waals surface area contributed by atoms with Gasteiger partial charge in [-0.2, -0.15) is 10.3 Å². The van der Waals surface area contributed by atoms with E-state index in [-0.39, 0.29) is 0 Å². The second-order valence-corrected chi connectivity index (χ2v) is 5.05. The Balaban J connectivity index is 1.68. The zero-order chi connectivity index (χ0) is 11.4. The first-order chi connectivity index (χ1) is 8.40. The summed E-state index contributed by atoms with van der Waals surface area (Å²) in [6.07, 6.45) is 3.75. The largest absolute Gasteiger partial charge is 0.281 e. The van der Waals surface area contributed by atoms with Crippen LogP contribution in [0.3, 0.4) is 0 Å². The van der Waals surface area contributed by atoms with Gasteiger partial charge in [0, 0.05) is 17.2 Å². The van der Waals surface area contributed by atoms with Crippen molar-refractivity contribution in [2.24, 2.45) is 11.8 Å². The van der Waals surface area contributed by atoms with Gasteiger partial charge in [-0.25, -0.2) is 0 Å². The molecule has 2 aliphatic carbocycles. The van der Waals surface area contributed by atoms with Gasteiger partial charge in [0.25, 0.3) is 0 Å². The van der Waals surface area contributed by atoms with Crippen molar-refractivity contribution in [2.75, 3.05) is 0 Å². The van der Waals surface area contributed by atoms with E-state index in [0.29, 0.717) is 5.82 Å². The van der Waals surface area contributed by atoms with Crippen molar-refractivity contribution in [1.29, 1.82) is 0 Å². The summed E-state index contributed by atoms with van der Waals surface area (Å²) in [4.78, 5) is 0. The fourth-order valence-electron chi connectivity index (χ4n) is 3.42. The van der Waals surface area contributed by atoms with Crippen molar-refractivity contribution in [3.63, 3.8) is 0 Å². The number of rotatable bonds is 3. The molecule has 2 aromatic rings. The number of hydrogen-bond donors (Lipinski definition) is 2. The minimum absolute atomic E-state index is 0.607. The lowest BCUT2D eigenvalue weighted by Gasteiger charge is -2.01. The molecule has 1 fully saturated rings. The molecule has 0 saturated heterocycles. The molecule has 2 aliphatic rings. The molecular formula is C11H14N6. The third-order valence-corrected chi connectivity index (χ3v) is 4.18. The molecule has 0 aromatic carbocycles. The molecule has 0 bridgehead atoms. The Kier molecular flexibility index (Phi) is 1.73. The number of nitrogens with one attached hydrogen (secondary N) is 2. The fraction of sp³-hybridized carbons (Fsp3) is 0.636. The second-order valence-electron chi connectivity index (χ2n) is 5.05. The molecule has 0 unspecified atom stereocenters. The van der Waals surface area contributed by atoms with Gasteiger partial charge in [-0.3, -0.25) is 5.10 Å². The normalized spacial score (nSPS) is 29.1. The van der Waals surface area contributed by atoms with Crippen LogP contribution in [0.25, 0.3) is 11.5 Å². The van der Waals surface area contributed by atoms with Crippen molar-refractivity contribution in [2.45, 2.75) is 32.1 Å². The Hall–Kier alpha value is -1.72. The third-order valence-electron chi connectivity index (χ3n) is 4.18. The number of aromatic nitrogens is 6. The van der Waals surface area contributed by atoms with E-state index in [1.807, 2.05) is 0 Å². The maximum absolute atomic E-state index is 4.34. The Morgan fingerprint density at radius 3 is 3.06 bits per heavy atom. The first-order valence-electron chi connectivity index (χ1n) is 6.21. The van der Waals surface area contributed by atoms with Crippen molar-refractivity contribution in [3.05, 3.63) is 11.3 Å². The monoisotopic (exact) mass is 230 g/mol. The lowest BCUT2D eigenvalue weighted by atomic mass is 10.0. The van der Waals surface area contributed by atoms with E-state index in [9.17, 15) is 0 Å². The van der Waals surface area contributed by atoms with Crippen LogP contribution in [0, 0.1) is 11.8 Å². The molecular weight excluding hydrogens is 216 g/mol. The van der Waals surface area contributed by atoms with Crippen LogP contribution in [-0.2, 0) is 6.42 Å². The third kappa shape index (κ3) is 1.15. The molecule has 0 radical (unpaired) electrons. The molecule has 4 rings (SSSR count). The van der Waals surface area contributed by atoms with Crippen molar-refractivity contribution in [3.8, 4) is 11.5 Å². The Morgan fingerprint density at radius 1 is 1.35 bits per heavy atom. The molecule has 1 saturated carbocycles. The van der Waals surface area contributed by atoms with E-state index in [1.54, 1.807) is 0 Å². The van der Waals surface area contributed by atoms with Gasteiger partial charge in [0.15, 0.2) is 0 Å². The summed E-state index contributed by atoms with van der Waals surface area (Å²) >= 11 is 0. The number of tetrazole rings is 1. The van der Waals surface area contributed by atoms with Crippen LogP contribution in [0.15, 0.2) is 0 Å². The lowest BCUT2D eigenvalue weighted by Crippen LogP contribution is -1.94. The van der Waals surface area contributed by atoms with Gasteiger partial charge in [-0.1, -0.05) is 13.3 Å². The lowest BCUT2D eigenvalue weighted by molar-refractivity contribution is 0.620. The van der Waals surface area contributed by atoms with Crippen molar-refractivity contribution >= 4 is 0 Å². The zero-order valence-electron chi connectivity index (χ0n) is 9.64. The predicted molar refractivity (Wildman–Crippen MR) is 60.1 cm³/mol. The van der Waals surface area contributed by atoms with Crippen LogP contribution < -0.4 is 0 Å². The quantitative estimate of drug-likeness (QED) is 0.831. The van der Waals surface area contributed by atoms with Gasteiger partial charge < -0.3 is 0 Å². The summed E-state index contributed by atoms with van der Waals surface area (Å²) in [5, 5.41) is 21.6. The van der Waals surface area contributed by atoms with Gasteiger partial charge in [0.2, 0.25) is 5.82 Å². The average Bonchev–Trinajstić information content (AvgIpc) is 2.82. The highest BCUT2D eigenvalue weighted by Crippen LogP contribution is 2.63. The van der Waals surface area contributed by atoms with E-state index in [4.69, 9.17) is 0 Å². The maximum Gasteiger partial charge on any atom is 0.225 e. The number of nitrogens with zero attached hydrogens (tertiary/aromatic N) is 4. The summed E-state index contributed by atoms with van der Waals surface area (Å²) in [7, 11) is 0. The first-order valence-corrected chi connectivity index (χ1v) is 6.21. The maximum atomic E-state index is 4.34. The van der Waals surface area contributed by atoms with Crippen LogP contribution in [-0.4, -0.2) is 30.8 Å². The standard InChI is InChI=1S/C11H14N6/c1-2-3-5-6-4-7-9(8(5)6)12-13-10(7)11-14-16-17-15-11/h5-6,8H,2-4H2,1H3,(H,12,13)(H,14,15,16,17)/t5-,6+,8-/m1/s1. The molecule has 6 nitrogen and oxygen atoms in total. The Bertz CT molecular complexity index is 542. The van der Waals surface area contributed by atoms with Crippen LogP contribution in [0.2, 0.25) is 0 Å². The number of aromatic amines is 2. The van der Waals surface area contributed by atoms with Gasteiger partial charge >= 0.3 is 0 Å². The highest BCUT2D eigenvalue weighted by atomic mass is 15.5. The fourth-order valence-corrected chi connectivity index (χ4v) is 3.42. The predicted octanol–water partition coefficient (Wildman–Crippen LogP) is 1.28. The van der Waals surface area contributed by atoms with E-state index >= 15 is 0 Å². The molecule has 17 heavy (non-hydrogen) atoms. The van der Waals surface area contributed by atoms with Crippen LogP contribution in [0.1, 0.15) is 36.9 Å². The molecule has 88 valence electrons. The summed E-state index contributed by atoms with van der Waals surface area (Å²) in [5.41, 5.74) is 3.53. The molecule has 0 amide bonds. The molecule has 6 heteroatoms. The number of fused-ring (bicyclic) bond motifs is 3. The smallest absolute Gasteiger partial charge is 0.225 e. The van der Waals surface area contributed by atoms with E-state index in [2.05, 4.69) is 37.7 Å².